The molecule has 1 aromatic carbocycles. The zero-order valence-corrected chi connectivity index (χ0v) is 7.81. The van der Waals surface area contributed by atoms with E-state index in [9.17, 15) is 9.90 Å². The van der Waals surface area contributed by atoms with Gasteiger partial charge in [-0.25, -0.2) is 0 Å². The van der Waals surface area contributed by atoms with Crippen molar-refractivity contribution in [2.45, 2.75) is 5.60 Å². The van der Waals surface area contributed by atoms with Crippen molar-refractivity contribution in [3.63, 3.8) is 0 Å². The van der Waals surface area contributed by atoms with Crippen LogP contribution in [-0.4, -0.2) is 10.9 Å². The van der Waals surface area contributed by atoms with Crippen molar-refractivity contribution >= 4 is 5.78 Å². The van der Waals surface area contributed by atoms with Crippen LogP contribution < -0.4 is 0 Å². The number of rotatable bonds is 1. The van der Waals surface area contributed by atoms with Crippen molar-refractivity contribution in [3.05, 3.63) is 59.5 Å². The molecule has 3 nitrogen and oxygen atoms in total. The molecule has 1 heterocycles. The van der Waals surface area contributed by atoms with Gasteiger partial charge >= 0.3 is 0 Å². The number of aliphatic hydroxyl groups is 1. The van der Waals surface area contributed by atoms with Gasteiger partial charge in [0.2, 0.25) is 11.4 Å². The van der Waals surface area contributed by atoms with Crippen molar-refractivity contribution in [3.8, 4) is 0 Å². The zero-order chi connectivity index (χ0) is 10.5. The monoisotopic (exact) mass is 200 g/mol. The van der Waals surface area contributed by atoms with Crippen molar-refractivity contribution in [2.24, 2.45) is 0 Å². The van der Waals surface area contributed by atoms with Gasteiger partial charge in [-0.2, -0.15) is 0 Å². The van der Waals surface area contributed by atoms with Gasteiger partial charge in [-0.3, -0.25) is 4.79 Å². The predicted octanol–water partition coefficient (Wildman–Crippen LogP) is 1.71. The van der Waals surface area contributed by atoms with Crippen LogP contribution in [0.4, 0.5) is 0 Å². The lowest BCUT2D eigenvalue weighted by atomic mass is 9.71. The molecule has 1 N–H and O–H groups in total. The molecule has 3 rings (SSSR count). The molecule has 1 aliphatic carbocycles. The summed E-state index contributed by atoms with van der Waals surface area (Å²) < 4.78 is 5.10. The number of hydrogen-bond donors (Lipinski definition) is 1. The van der Waals surface area contributed by atoms with Crippen LogP contribution in [0.1, 0.15) is 21.7 Å². The van der Waals surface area contributed by atoms with Crippen molar-refractivity contribution in [1.29, 1.82) is 0 Å². The number of furan rings is 1. The number of carbonyl (C=O) groups is 1. The summed E-state index contributed by atoms with van der Waals surface area (Å²) in [5.41, 5.74) is -0.388. The summed E-state index contributed by atoms with van der Waals surface area (Å²) in [5.74, 6) is -0.0146. The van der Waals surface area contributed by atoms with E-state index in [1.165, 1.54) is 6.26 Å². The fourth-order valence-electron chi connectivity index (χ4n) is 1.98. The lowest BCUT2D eigenvalue weighted by Gasteiger charge is -2.35. The second kappa shape index (κ2) is 2.58. The molecule has 0 saturated heterocycles. The van der Waals surface area contributed by atoms with Crippen molar-refractivity contribution in [2.75, 3.05) is 0 Å². The third-order valence-corrected chi connectivity index (χ3v) is 2.77. The molecule has 0 radical (unpaired) electrons. The van der Waals surface area contributed by atoms with Crippen molar-refractivity contribution < 1.29 is 14.3 Å². The van der Waals surface area contributed by atoms with Gasteiger partial charge in [0.15, 0.2) is 0 Å². The topological polar surface area (TPSA) is 50.4 Å². The molecule has 0 unspecified atom stereocenters. The van der Waals surface area contributed by atoms with E-state index < -0.39 is 5.60 Å². The van der Waals surface area contributed by atoms with E-state index in [0.29, 0.717) is 11.1 Å². The Bertz CT molecular complexity index is 528. The predicted molar refractivity (Wildman–Crippen MR) is 52.5 cm³/mol. The average Bonchev–Trinajstić information content (AvgIpc) is 2.81. The molecule has 0 bridgehead atoms. The first-order chi connectivity index (χ1) is 7.24. The normalized spacial score (nSPS) is 23.4. The summed E-state index contributed by atoms with van der Waals surface area (Å²) in [6.45, 7) is 0. The summed E-state index contributed by atoms with van der Waals surface area (Å²) in [6, 6.07) is 10.3. The largest absolute Gasteiger partial charge is 0.465 e. The van der Waals surface area contributed by atoms with Crippen LogP contribution in [0.15, 0.2) is 47.1 Å². The average molecular weight is 200 g/mol. The molecular weight excluding hydrogens is 192 g/mol. The Hall–Kier alpha value is -1.87. The maximum atomic E-state index is 11.8. The molecule has 0 amide bonds. The fourth-order valence-corrected chi connectivity index (χ4v) is 1.98. The molecular formula is C12H8O3. The lowest BCUT2D eigenvalue weighted by molar-refractivity contribution is 0.0280. The van der Waals surface area contributed by atoms with E-state index >= 15 is 0 Å². The molecule has 2 aromatic rings. The first kappa shape index (κ1) is 8.44. The molecule has 1 aromatic heterocycles. The van der Waals surface area contributed by atoms with Crippen LogP contribution in [0.2, 0.25) is 0 Å². The highest BCUT2D eigenvalue weighted by atomic mass is 16.4. The highest BCUT2D eigenvalue weighted by Gasteiger charge is 2.53. The molecule has 0 aliphatic heterocycles. The fraction of sp³-hybridized carbons (Fsp3) is 0.0833. The molecule has 0 saturated carbocycles. The van der Waals surface area contributed by atoms with E-state index in [2.05, 4.69) is 0 Å². The molecule has 74 valence electrons. The Morgan fingerprint density at radius 3 is 2.67 bits per heavy atom. The van der Waals surface area contributed by atoms with Gasteiger partial charge in [0.25, 0.3) is 0 Å². The number of hydrogen-bond acceptors (Lipinski definition) is 3. The molecule has 0 spiro atoms. The van der Waals surface area contributed by atoms with E-state index in [4.69, 9.17) is 4.42 Å². The van der Waals surface area contributed by atoms with E-state index in [0.717, 1.165) is 0 Å². The van der Waals surface area contributed by atoms with Gasteiger partial charge in [-0.15, -0.1) is 0 Å². The zero-order valence-electron chi connectivity index (χ0n) is 7.81. The lowest BCUT2D eigenvalue weighted by Crippen LogP contribution is -2.46. The summed E-state index contributed by atoms with van der Waals surface area (Å²) in [4.78, 5) is 11.8. The summed E-state index contributed by atoms with van der Waals surface area (Å²) in [5, 5.41) is 10.2. The van der Waals surface area contributed by atoms with Gasteiger partial charge in [0, 0.05) is 11.1 Å². The number of ketones is 1. The standard InChI is InChI=1S/C12H8O3/c13-11-8-4-1-2-5-9(8)12(11,14)10-6-3-7-15-10/h1-7,14H/t12-/m1/s1. The minimum atomic E-state index is -1.57. The molecule has 1 aliphatic rings. The second-order valence-electron chi connectivity index (χ2n) is 3.56. The summed E-state index contributed by atoms with van der Waals surface area (Å²) >= 11 is 0. The molecule has 3 heteroatoms. The van der Waals surface area contributed by atoms with E-state index in [-0.39, 0.29) is 11.5 Å². The molecule has 15 heavy (non-hydrogen) atoms. The van der Waals surface area contributed by atoms with E-state index in [1.54, 1.807) is 36.4 Å². The number of fused-ring (bicyclic) bond motifs is 1. The third-order valence-electron chi connectivity index (χ3n) is 2.77. The Labute approximate surface area is 86.0 Å². The Kier molecular flexibility index (Phi) is 1.45. The van der Waals surface area contributed by atoms with Crippen LogP contribution in [-0.2, 0) is 5.60 Å². The van der Waals surface area contributed by atoms with Crippen LogP contribution >= 0.6 is 0 Å². The maximum absolute atomic E-state index is 11.8. The number of carbonyl (C=O) groups excluding carboxylic acids is 1. The minimum Gasteiger partial charge on any atom is -0.465 e. The third kappa shape index (κ3) is 0.856. The van der Waals surface area contributed by atoms with Gasteiger partial charge < -0.3 is 9.52 Å². The van der Waals surface area contributed by atoms with Crippen LogP contribution in [0.3, 0.4) is 0 Å². The number of Topliss-reactive ketones (excluding diaryl/α,β-unsaturated/α-hetero) is 1. The Morgan fingerprint density at radius 1 is 1.13 bits per heavy atom. The van der Waals surface area contributed by atoms with Crippen LogP contribution in [0.5, 0.6) is 0 Å². The van der Waals surface area contributed by atoms with Gasteiger partial charge in [-0.05, 0) is 12.1 Å². The van der Waals surface area contributed by atoms with Gasteiger partial charge in [-0.1, -0.05) is 24.3 Å². The first-order valence-corrected chi connectivity index (χ1v) is 4.65. The highest BCUT2D eigenvalue weighted by molar-refractivity contribution is 6.14. The highest BCUT2D eigenvalue weighted by Crippen LogP contribution is 2.43. The molecule has 0 fully saturated rings. The minimum absolute atomic E-state index is 0.284. The smallest absolute Gasteiger partial charge is 0.211 e. The Balaban J connectivity index is 2.22. The first-order valence-electron chi connectivity index (χ1n) is 4.65. The second-order valence-corrected chi connectivity index (χ2v) is 3.56. The van der Waals surface area contributed by atoms with E-state index in [1.807, 2.05) is 0 Å². The molecule has 1 atom stereocenters. The van der Waals surface area contributed by atoms with Crippen LogP contribution in [0, 0.1) is 0 Å². The quantitative estimate of drug-likeness (QED) is 0.762. The Morgan fingerprint density at radius 2 is 1.93 bits per heavy atom. The van der Waals surface area contributed by atoms with Gasteiger partial charge in [0.05, 0.1) is 6.26 Å². The van der Waals surface area contributed by atoms with Crippen LogP contribution in [0.25, 0.3) is 0 Å². The number of benzene rings is 1. The summed E-state index contributed by atoms with van der Waals surface area (Å²) in [7, 11) is 0. The van der Waals surface area contributed by atoms with Crippen molar-refractivity contribution in [1.82, 2.24) is 0 Å². The van der Waals surface area contributed by atoms with Gasteiger partial charge in [0.1, 0.15) is 5.76 Å². The SMILES string of the molecule is O=C1c2ccccc2[C@@]1(O)c1ccco1. The summed E-state index contributed by atoms with van der Waals surface area (Å²) in [6.07, 6.45) is 1.45. The maximum Gasteiger partial charge on any atom is 0.211 e.